The largest absolute Gasteiger partial charge is 0.495 e. The zero-order chi connectivity index (χ0) is 21.3. The summed E-state index contributed by atoms with van der Waals surface area (Å²) in [5.41, 5.74) is 1.61. The molecule has 1 aromatic heterocycles. The number of fused-ring (bicyclic) bond motifs is 2. The normalized spacial score (nSPS) is 13.6. The Morgan fingerprint density at radius 1 is 1.20 bits per heavy atom. The lowest BCUT2D eigenvalue weighted by atomic mass is 10.1. The van der Waals surface area contributed by atoms with Gasteiger partial charge in [0.05, 0.1) is 23.7 Å². The van der Waals surface area contributed by atoms with Gasteiger partial charge in [0.25, 0.3) is 11.5 Å². The highest BCUT2D eigenvalue weighted by molar-refractivity contribution is 6.31. The average Bonchev–Trinajstić information content (AvgIpc) is 3.00. The fourth-order valence-corrected chi connectivity index (χ4v) is 4.17. The van der Waals surface area contributed by atoms with Gasteiger partial charge in [0, 0.05) is 30.1 Å². The molecule has 6 nitrogen and oxygen atoms in total. The summed E-state index contributed by atoms with van der Waals surface area (Å²) in [6.07, 6.45) is 3.89. The zero-order valence-electron chi connectivity index (χ0n) is 17.2. The van der Waals surface area contributed by atoms with E-state index >= 15 is 0 Å². The first-order chi connectivity index (χ1) is 14.5. The molecule has 0 fully saturated rings. The topological polar surface area (TPSA) is 64.4 Å². The second-order valence-corrected chi connectivity index (χ2v) is 7.83. The Balaban J connectivity index is 1.78. The highest BCUT2D eigenvalue weighted by Gasteiger charge is 2.21. The van der Waals surface area contributed by atoms with Crippen molar-refractivity contribution in [3.8, 4) is 5.75 Å². The molecule has 4 rings (SSSR count). The minimum Gasteiger partial charge on any atom is -0.495 e. The average molecular weight is 426 g/mol. The van der Waals surface area contributed by atoms with Gasteiger partial charge in [-0.3, -0.25) is 14.2 Å². The van der Waals surface area contributed by atoms with Gasteiger partial charge in [0.15, 0.2) is 0 Å². The van der Waals surface area contributed by atoms with Gasteiger partial charge in [0.2, 0.25) is 0 Å². The lowest BCUT2D eigenvalue weighted by Crippen LogP contribution is -2.31. The molecule has 1 aliphatic rings. The van der Waals surface area contributed by atoms with Crippen molar-refractivity contribution in [1.82, 2.24) is 9.55 Å². The fourth-order valence-electron chi connectivity index (χ4n) is 4.00. The molecule has 0 saturated carbocycles. The molecular weight excluding hydrogens is 402 g/mol. The predicted octanol–water partition coefficient (Wildman–Crippen LogP) is 4.45. The Morgan fingerprint density at radius 2 is 2.03 bits per heavy atom. The number of aryl methyl sites for hydroxylation is 1. The molecule has 2 heterocycles. The molecule has 0 unspecified atom stereocenters. The third-order valence-corrected chi connectivity index (χ3v) is 5.79. The van der Waals surface area contributed by atoms with Crippen molar-refractivity contribution in [2.75, 3.05) is 18.6 Å². The maximum absolute atomic E-state index is 13.3. The molecule has 0 aliphatic carbocycles. The molecule has 7 heteroatoms. The molecular formula is C23H24ClN3O3. The summed E-state index contributed by atoms with van der Waals surface area (Å²) in [5, 5.41) is 1.06. The van der Waals surface area contributed by atoms with E-state index in [2.05, 4.69) is 0 Å². The molecule has 0 saturated heterocycles. The Labute approximate surface area is 180 Å². The highest BCUT2D eigenvalue weighted by Crippen LogP contribution is 2.32. The number of rotatable bonds is 4. The number of aromatic nitrogens is 2. The Morgan fingerprint density at radius 3 is 2.80 bits per heavy atom. The van der Waals surface area contributed by atoms with Crippen LogP contribution in [0.1, 0.15) is 42.4 Å². The number of halogens is 1. The van der Waals surface area contributed by atoms with E-state index in [0.717, 1.165) is 31.5 Å². The minimum atomic E-state index is -0.197. The molecule has 0 atom stereocenters. The first-order valence-electron chi connectivity index (χ1n) is 10.2. The number of carbonyl (C=O) groups excluding carboxylic acids is 1. The van der Waals surface area contributed by atoms with Crippen molar-refractivity contribution in [3.05, 3.63) is 63.2 Å². The van der Waals surface area contributed by atoms with Crippen LogP contribution in [0.3, 0.4) is 0 Å². The van der Waals surface area contributed by atoms with E-state index in [0.29, 0.717) is 46.0 Å². The number of anilines is 1. The number of amides is 1. The van der Waals surface area contributed by atoms with Gasteiger partial charge in [-0.15, -0.1) is 0 Å². The summed E-state index contributed by atoms with van der Waals surface area (Å²) in [7, 11) is 1.56. The van der Waals surface area contributed by atoms with Gasteiger partial charge in [-0.25, -0.2) is 4.98 Å². The molecule has 1 amide bonds. The van der Waals surface area contributed by atoms with E-state index in [1.807, 2.05) is 6.92 Å². The van der Waals surface area contributed by atoms with Crippen molar-refractivity contribution >= 4 is 34.1 Å². The van der Waals surface area contributed by atoms with Gasteiger partial charge in [0.1, 0.15) is 11.6 Å². The molecule has 1 aliphatic heterocycles. The number of ether oxygens (including phenoxy) is 1. The van der Waals surface area contributed by atoms with Crippen LogP contribution in [0, 0.1) is 0 Å². The number of hydrogen-bond donors (Lipinski definition) is 0. The lowest BCUT2D eigenvalue weighted by Gasteiger charge is -2.23. The van der Waals surface area contributed by atoms with E-state index in [9.17, 15) is 9.59 Å². The summed E-state index contributed by atoms with van der Waals surface area (Å²) >= 11 is 6.16. The molecule has 0 bridgehead atoms. The number of hydrogen-bond acceptors (Lipinski definition) is 4. The van der Waals surface area contributed by atoms with Crippen molar-refractivity contribution in [1.29, 1.82) is 0 Å². The minimum absolute atomic E-state index is 0.0280. The van der Waals surface area contributed by atoms with Crippen molar-refractivity contribution in [2.24, 2.45) is 0 Å². The van der Waals surface area contributed by atoms with Crippen LogP contribution in [0.5, 0.6) is 5.75 Å². The molecule has 3 aromatic rings. The molecule has 0 radical (unpaired) electrons. The lowest BCUT2D eigenvalue weighted by molar-refractivity contribution is 0.0987. The number of carbonyl (C=O) groups is 1. The van der Waals surface area contributed by atoms with E-state index in [-0.39, 0.29) is 11.5 Å². The van der Waals surface area contributed by atoms with Crippen LogP contribution in [-0.4, -0.2) is 29.1 Å². The van der Waals surface area contributed by atoms with Gasteiger partial charge in [-0.1, -0.05) is 18.0 Å². The van der Waals surface area contributed by atoms with Crippen LogP contribution in [0.2, 0.25) is 5.02 Å². The predicted molar refractivity (Wildman–Crippen MR) is 119 cm³/mol. The van der Waals surface area contributed by atoms with E-state index in [4.69, 9.17) is 21.3 Å². The first kappa shape index (κ1) is 20.4. The maximum atomic E-state index is 13.3. The maximum Gasteiger partial charge on any atom is 0.261 e. The summed E-state index contributed by atoms with van der Waals surface area (Å²) in [6, 6.07) is 10.3. The Hall–Kier alpha value is -2.86. The Kier molecular flexibility index (Phi) is 5.77. The summed E-state index contributed by atoms with van der Waals surface area (Å²) < 4.78 is 7.20. The standard InChI is InChI=1S/C23H24ClN3O3/c1-3-26(19-14-16(24)9-11-20(19)30-2)22(28)15-8-10-17-18(13-15)25-21-7-5-4-6-12-27(21)23(17)29/h8-11,13-14H,3-7,12H2,1-2H3. The SMILES string of the molecule is CCN(C(=O)c1ccc2c(=O)n3c(nc2c1)CCCCC3)c1cc(Cl)ccc1OC. The van der Waals surface area contributed by atoms with E-state index < -0.39 is 0 Å². The quantitative estimate of drug-likeness (QED) is 0.619. The van der Waals surface area contributed by atoms with E-state index in [1.54, 1.807) is 53.0 Å². The second-order valence-electron chi connectivity index (χ2n) is 7.39. The number of methoxy groups -OCH3 is 1. The van der Waals surface area contributed by atoms with Crippen LogP contribution in [0.25, 0.3) is 10.9 Å². The molecule has 0 spiro atoms. The number of benzene rings is 2. The monoisotopic (exact) mass is 425 g/mol. The summed E-state index contributed by atoms with van der Waals surface area (Å²) in [4.78, 5) is 32.6. The third-order valence-electron chi connectivity index (χ3n) is 5.56. The van der Waals surface area contributed by atoms with Crippen LogP contribution in [0.15, 0.2) is 41.2 Å². The smallest absolute Gasteiger partial charge is 0.261 e. The van der Waals surface area contributed by atoms with Crippen LogP contribution in [-0.2, 0) is 13.0 Å². The van der Waals surface area contributed by atoms with Crippen LogP contribution >= 0.6 is 11.6 Å². The highest BCUT2D eigenvalue weighted by atomic mass is 35.5. The van der Waals surface area contributed by atoms with Crippen LogP contribution < -0.4 is 15.2 Å². The van der Waals surface area contributed by atoms with Crippen molar-refractivity contribution in [3.63, 3.8) is 0 Å². The Bertz CT molecular complexity index is 1170. The molecule has 156 valence electrons. The second kappa shape index (κ2) is 8.48. The van der Waals surface area contributed by atoms with Gasteiger partial charge in [-0.2, -0.15) is 0 Å². The fraction of sp³-hybridized carbons (Fsp3) is 0.348. The van der Waals surface area contributed by atoms with Gasteiger partial charge >= 0.3 is 0 Å². The first-order valence-corrected chi connectivity index (χ1v) is 10.6. The van der Waals surface area contributed by atoms with Crippen molar-refractivity contribution < 1.29 is 9.53 Å². The molecule has 2 aromatic carbocycles. The molecule has 0 N–H and O–H groups in total. The van der Waals surface area contributed by atoms with Crippen LogP contribution in [0.4, 0.5) is 5.69 Å². The number of nitrogens with zero attached hydrogens (tertiary/aromatic N) is 3. The van der Waals surface area contributed by atoms with Crippen molar-refractivity contribution in [2.45, 2.75) is 39.2 Å². The summed E-state index contributed by atoms with van der Waals surface area (Å²) in [6.45, 7) is 3.04. The van der Waals surface area contributed by atoms with Gasteiger partial charge in [-0.05, 0) is 56.2 Å². The molecule has 30 heavy (non-hydrogen) atoms. The third kappa shape index (κ3) is 3.67. The van der Waals surface area contributed by atoms with E-state index in [1.165, 1.54) is 0 Å². The van der Waals surface area contributed by atoms with Gasteiger partial charge < -0.3 is 9.64 Å². The summed E-state index contributed by atoms with van der Waals surface area (Å²) in [5.74, 6) is 1.17. The zero-order valence-corrected chi connectivity index (χ0v) is 17.9.